The Kier molecular flexibility index (Phi) is 5.32. The first kappa shape index (κ1) is 10.1. The van der Waals surface area contributed by atoms with Gasteiger partial charge in [-0.25, -0.2) is 9.59 Å². The summed E-state index contributed by atoms with van der Waals surface area (Å²) in [6, 6.07) is 0. The van der Waals surface area contributed by atoms with Crippen molar-refractivity contribution in [3.63, 3.8) is 0 Å². The molecule has 0 heterocycles. The van der Waals surface area contributed by atoms with Crippen LogP contribution in [0.15, 0.2) is 0 Å². The maximum atomic E-state index is 10.5. The lowest BCUT2D eigenvalue weighted by Crippen LogP contribution is -2.19. The second-order valence-electron chi connectivity index (χ2n) is 1.64. The van der Waals surface area contributed by atoms with E-state index >= 15 is 0 Å². The van der Waals surface area contributed by atoms with E-state index in [-0.39, 0.29) is 6.61 Å². The number of carbonyl (C=O) groups is 2. The predicted molar refractivity (Wildman–Crippen MR) is 34.7 cm³/mol. The van der Waals surface area contributed by atoms with E-state index in [1.54, 1.807) is 6.92 Å². The number of hydrogen-bond donors (Lipinski definition) is 1. The Labute approximate surface area is 63.9 Å². The molecule has 0 spiro atoms. The van der Waals surface area contributed by atoms with Crippen LogP contribution < -0.4 is 0 Å². The van der Waals surface area contributed by atoms with E-state index in [2.05, 4.69) is 9.47 Å². The fourth-order valence-electron chi connectivity index (χ4n) is 0.374. The SMILES string of the molecule is CCOCC(=O)OC(=O)CO. The number of aliphatic hydroxyl groups excluding tert-OH is 1. The molecule has 0 rings (SSSR count). The molecule has 5 nitrogen and oxygen atoms in total. The zero-order valence-electron chi connectivity index (χ0n) is 6.20. The van der Waals surface area contributed by atoms with Crippen LogP contribution in [0, 0.1) is 0 Å². The number of carbonyl (C=O) groups excluding carboxylic acids is 2. The maximum absolute atomic E-state index is 10.5. The largest absolute Gasteiger partial charge is 0.390 e. The molecular formula is C6H10O5. The molecule has 0 aliphatic rings. The lowest BCUT2D eigenvalue weighted by Gasteiger charge is -1.99. The molecule has 0 aliphatic heterocycles. The summed E-state index contributed by atoms with van der Waals surface area (Å²) in [5.74, 6) is -1.75. The van der Waals surface area contributed by atoms with E-state index < -0.39 is 18.5 Å². The fraction of sp³-hybridized carbons (Fsp3) is 0.667. The molecule has 0 radical (unpaired) electrons. The summed E-state index contributed by atoms with van der Waals surface area (Å²) >= 11 is 0. The van der Waals surface area contributed by atoms with Crippen molar-refractivity contribution in [3.05, 3.63) is 0 Å². The quantitative estimate of drug-likeness (QED) is 0.427. The zero-order chi connectivity index (χ0) is 8.69. The first-order valence-corrected chi connectivity index (χ1v) is 3.12. The van der Waals surface area contributed by atoms with E-state index in [4.69, 9.17) is 5.11 Å². The summed E-state index contributed by atoms with van der Waals surface area (Å²) in [7, 11) is 0. The van der Waals surface area contributed by atoms with E-state index in [0.29, 0.717) is 6.61 Å². The van der Waals surface area contributed by atoms with Gasteiger partial charge in [0.1, 0.15) is 13.2 Å². The standard InChI is InChI=1S/C6H10O5/c1-2-10-4-6(9)11-5(8)3-7/h7H,2-4H2,1H3. The van der Waals surface area contributed by atoms with Gasteiger partial charge in [0.2, 0.25) is 0 Å². The molecule has 0 bridgehead atoms. The minimum Gasteiger partial charge on any atom is -0.390 e. The molecule has 5 heteroatoms. The smallest absolute Gasteiger partial charge is 0.339 e. The van der Waals surface area contributed by atoms with E-state index in [9.17, 15) is 9.59 Å². The van der Waals surface area contributed by atoms with Crippen molar-refractivity contribution < 1.29 is 24.2 Å². The highest BCUT2D eigenvalue weighted by Gasteiger charge is 2.07. The molecule has 0 aromatic rings. The molecule has 0 saturated heterocycles. The van der Waals surface area contributed by atoms with Crippen LogP contribution >= 0.6 is 0 Å². The van der Waals surface area contributed by atoms with Gasteiger partial charge in [-0.2, -0.15) is 0 Å². The van der Waals surface area contributed by atoms with Crippen LogP contribution in [0.3, 0.4) is 0 Å². The zero-order valence-corrected chi connectivity index (χ0v) is 6.20. The molecule has 11 heavy (non-hydrogen) atoms. The Hall–Kier alpha value is -0.940. The molecule has 0 atom stereocenters. The van der Waals surface area contributed by atoms with Crippen molar-refractivity contribution in [2.24, 2.45) is 0 Å². The predicted octanol–water partition coefficient (Wildman–Crippen LogP) is -0.915. The van der Waals surface area contributed by atoms with Gasteiger partial charge in [0, 0.05) is 6.61 Å². The average Bonchev–Trinajstić information content (AvgIpc) is 2.00. The Balaban J connectivity index is 3.44. The van der Waals surface area contributed by atoms with Gasteiger partial charge in [0.15, 0.2) is 0 Å². The first-order chi connectivity index (χ1) is 5.20. The molecule has 0 fully saturated rings. The molecule has 0 aromatic carbocycles. The number of rotatable bonds is 4. The van der Waals surface area contributed by atoms with Crippen LogP contribution in [0.2, 0.25) is 0 Å². The first-order valence-electron chi connectivity index (χ1n) is 3.12. The number of hydrogen-bond acceptors (Lipinski definition) is 5. The van der Waals surface area contributed by atoms with Gasteiger partial charge < -0.3 is 14.6 Å². The second kappa shape index (κ2) is 5.82. The Morgan fingerprint density at radius 3 is 2.45 bits per heavy atom. The van der Waals surface area contributed by atoms with Crippen LogP contribution in [0.25, 0.3) is 0 Å². The third-order valence-corrected chi connectivity index (χ3v) is 0.781. The van der Waals surface area contributed by atoms with Crippen LogP contribution in [0.1, 0.15) is 6.92 Å². The summed E-state index contributed by atoms with van der Waals surface area (Å²) in [6.07, 6.45) is 0. The van der Waals surface area contributed by atoms with Crippen LogP contribution in [0.5, 0.6) is 0 Å². The van der Waals surface area contributed by atoms with Gasteiger partial charge in [-0.1, -0.05) is 0 Å². The summed E-state index contributed by atoms with van der Waals surface area (Å²) < 4.78 is 8.68. The summed E-state index contributed by atoms with van der Waals surface area (Å²) in [5, 5.41) is 8.14. The Bertz CT molecular complexity index is 142. The highest BCUT2D eigenvalue weighted by Crippen LogP contribution is 1.82. The Morgan fingerprint density at radius 2 is 2.00 bits per heavy atom. The summed E-state index contributed by atoms with van der Waals surface area (Å²) in [5.41, 5.74) is 0. The van der Waals surface area contributed by atoms with Crippen molar-refractivity contribution in [1.29, 1.82) is 0 Å². The lowest BCUT2D eigenvalue weighted by molar-refractivity contribution is -0.164. The minimum atomic E-state index is -0.963. The van der Waals surface area contributed by atoms with Crippen LogP contribution in [0.4, 0.5) is 0 Å². The maximum Gasteiger partial charge on any atom is 0.339 e. The fourth-order valence-corrected chi connectivity index (χ4v) is 0.374. The third-order valence-electron chi connectivity index (χ3n) is 0.781. The van der Waals surface area contributed by atoms with Crippen molar-refractivity contribution in [2.45, 2.75) is 6.92 Å². The molecule has 0 aromatic heterocycles. The molecule has 64 valence electrons. The van der Waals surface area contributed by atoms with Gasteiger partial charge in [0.25, 0.3) is 0 Å². The van der Waals surface area contributed by atoms with Crippen molar-refractivity contribution >= 4 is 11.9 Å². The van der Waals surface area contributed by atoms with Gasteiger partial charge in [-0.05, 0) is 6.92 Å². The normalized spacial score (nSPS) is 9.27. The topological polar surface area (TPSA) is 72.8 Å². The van der Waals surface area contributed by atoms with Crippen molar-refractivity contribution in [1.82, 2.24) is 0 Å². The minimum absolute atomic E-state index is 0.262. The molecule has 1 N–H and O–H groups in total. The van der Waals surface area contributed by atoms with E-state index in [0.717, 1.165) is 0 Å². The average molecular weight is 162 g/mol. The van der Waals surface area contributed by atoms with Crippen LogP contribution in [-0.2, 0) is 19.1 Å². The Morgan fingerprint density at radius 1 is 1.36 bits per heavy atom. The highest BCUT2D eigenvalue weighted by molar-refractivity contribution is 5.86. The van der Waals surface area contributed by atoms with E-state index in [1.807, 2.05) is 0 Å². The summed E-state index contributed by atoms with van der Waals surface area (Å²) in [6.45, 7) is 1.03. The van der Waals surface area contributed by atoms with Crippen molar-refractivity contribution in [3.8, 4) is 0 Å². The second-order valence-corrected chi connectivity index (χ2v) is 1.64. The highest BCUT2D eigenvalue weighted by atomic mass is 16.6. The van der Waals surface area contributed by atoms with Crippen LogP contribution in [-0.4, -0.2) is 36.9 Å². The molecule has 0 amide bonds. The van der Waals surface area contributed by atoms with Gasteiger partial charge >= 0.3 is 11.9 Å². The number of esters is 2. The lowest BCUT2D eigenvalue weighted by atomic mass is 10.7. The van der Waals surface area contributed by atoms with Gasteiger partial charge in [0.05, 0.1) is 0 Å². The molecular weight excluding hydrogens is 152 g/mol. The molecule has 0 aliphatic carbocycles. The molecule has 0 saturated carbocycles. The monoisotopic (exact) mass is 162 g/mol. The van der Waals surface area contributed by atoms with Gasteiger partial charge in [-0.3, -0.25) is 0 Å². The van der Waals surface area contributed by atoms with Gasteiger partial charge in [-0.15, -0.1) is 0 Å². The third kappa shape index (κ3) is 5.50. The van der Waals surface area contributed by atoms with Crippen molar-refractivity contribution in [2.75, 3.05) is 19.8 Å². The number of ether oxygens (including phenoxy) is 2. The summed E-state index contributed by atoms with van der Waals surface area (Å²) in [4.78, 5) is 20.7. The molecule has 0 unspecified atom stereocenters. The number of aliphatic hydroxyl groups is 1. The van der Waals surface area contributed by atoms with E-state index in [1.165, 1.54) is 0 Å².